The fourth-order valence-corrected chi connectivity index (χ4v) is 1.86. The first-order valence-corrected chi connectivity index (χ1v) is 5.80. The van der Waals surface area contributed by atoms with Gasteiger partial charge < -0.3 is 15.2 Å². The summed E-state index contributed by atoms with van der Waals surface area (Å²) >= 11 is 0. The van der Waals surface area contributed by atoms with Crippen LogP contribution in [0.5, 0.6) is 11.5 Å². The SMILES string of the molecule is COc1cccc(-c2ccc(OC(F)(F)F)cc2N)c1F. The number of anilines is 1. The molecule has 0 fully saturated rings. The number of ether oxygens (including phenoxy) is 2. The second kappa shape index (κ2) is 5.51. The standard InChI is InChI=1S/C14H11F4NO2/c1-20-12-4-2-3-10(13(12)15)9-6-5-8(7-11(9)19)21-14(16,17)18/h2-7H,19H2,1H3. The zero-order valence-electron chi connectivity index (χ0n) is 10.9. The average Bonchev–Trinajstić information content (AvgIpc) is 2.38. The highest BCUT2D eigenvalue weighted by molar-refractivity contribution is 5.78. The van der Waals surface area contributed by atoms with E-state index in [-0.39, 0.29) is 22.6 Å². The van der Waals surface area contributed by atoms with Crippen LogP contribution >= 0.6 is 0 Å². The third-order valence-electron chi connectivity index (χ3n) is 2.73. The monoisotopic (exact) mass is 301 g/mol. The Labute approximate surface area is 117 Å². The van der Waals surface area contributed by atoms with Crippen molar-refractivity contribution in [2.75, 3.05) is 12.8 Å². The quantitative estimate of drug-likeness (QED) is 0.689. The summed E-state index contributed by atoms with van der Waals surface area (Å²) in [6.45, 7) is 0. The smallest absolute Gasteiger partial charge is 0.494 e. The predicted molar refractivity (Wildman–Crippen MR) is 69.5 cm³/mol. The second-order valence-electron chi connectivity index (χ2n) is 4.12. The Bertz CT molecular complexity index is 656. The molecular formula is C14H11F4NO2. The van der Waals surface area contributed by atoms with E-state index in [1.165, 1.54) is 25.3 Å². The van der Waals surface area contributed by atoms with Gasteiger partial charge in [-0.15, -0.1) is 13.2 Å². The Morgan fingerprint density at radius 3 is 2.33 bits per heavy atom. The number of halogens is 4. The molecule has 3 nitrogen and oxygen atoms in total. The van der Waals surface area contributed by atoms with Crippen LogP contribution in [-0.4, -0.2) is 13.5 Å². The van der Waals surface area contributed by atoms with E-state index in [0.29, 0.717) is 0 Å². The van der Waals surface area contributed by atoms with Crippen LogP contribution in [0.2, 0.25) is 0 Å². The first-order valence-electron chi connectivity index (χ1n) is 5.80. The lowest BCUT2D eigenvalue weighted by Gasteiger charge is -2.13. The highest BCUT2D eigenvalue weighted by atomic mass is 19.4. The molecule has 0 aliphatic carbocycles. The molecule has 0 heterocycles. The Hall–Kier alpha value is -2.44. The van der Waals surface area contributed by atoms with E-state index in [9.17, 15) is 17.6 Å². The molecule has 0 aromatic heterocycles. The first-order chi connectivity index (χ1) is 9.81. The van der Waals surface area contributed by atoms with Crippen LogP contribution in [0.4, 0.5) is 23.2 Å². The van der Waals surface area contributed by atoms with E-state index in [0.717, 1.165) is 12.1 Å². The number of rotatable bonds is 3. The molecule has 21 heavy (non-hydrogen) atoms. The van der Waals surface area contributed by atoms with E-state index in [1.54, 1.807) is 6.07 Å². The molecule has 112 valence electrons. The summed E-state index contributed by atoms with van der Waals surface area (Å²) in [7, 11) is 1.31. The van der Waals surface area contributed by atoms with Gasteiger partial charge in [-0.2, -0.15) is 0 Å². The van der Waals surface area contributed by atoms with Gasteiger partial charge >= 0.3 is 6.36 Å². The number of hydrogen-bond donors (Lipinski definition) is 1. The van der Waals surface area contributed by atoms with Gasteiger partial charge in [0.1, 0.15) is 5.75 Å². The molecule has 2 rings (SSSR count). The van der Waals surface area contributed by atoms with Crippen LogP contribution in [0.15, 0.2) is 36.4 Å². The van der Waals surface area contributed by atoms with Crippen molar-refractivity contribution in [2.45, 2.75) is 6.36 Å². The van der Waals surface area contributed by atoms with Gasteiger partial charge in [0.25, 0.3) is 0 Å². The van der Waals surface area contributed by atoms with Gasteiger partial charge in [0.05, 0.1) is 7.11 Å². The van der Waals surface area contributed by atoms with Gasteiger partial charge in [0, 0.05) is 22.9 Å². The molecule has 0 bridgehead atoms. The fourth-order valence-electron chi connectivity index (χ4n) is 1.86. The largest absolute Gasteiger partial charge is 0.573 e. The van der Waals surface area contributed by atoms with Crippen molar-refractivity contribution in [1.29, 1.82) is 0 Å². The van der Waals surface area contributed by atoms with Crippen LogP contribution in [0.1, 0.15) is 0 Å². The minimum absolute atomic E-state index is 0.0162. The van der Waals surface area contributed by atoms with Crippen LogP contribution < -0.4 is 15.2 Å². The van der Waals surface area contributed by atoms with Crippen LogP contribution in [0, 0.1) is 5.82 Å². The molecular weight excluding hydrogens is 290 g/mol. The van der Waals surface area contributed by atoms with Crippen molar-refractivity contribution < 1.29 is 27.0 Å². The fraction of sp³-hybridized carbons (Fsp3) is 0.143. The van der Waals surface area contributed by atoms with E-state index < -0.39 is 17.9 Å². The number of nitrogens with two attached hydrogens (primary N) is 1. The molecule has 0 atom stereocenters. The van der Waals surface area contributed by atoms with Crippen molar-refractivity contribution in [1.82, 2.24) is 0 Å². The maximum Gasteiger partial charge on any atom is 0.573 e. The molecule has 7 heteroatoms. The summed E-state index contributed by atoms with van der Waals surface area (Å²) in [6, 6.07) is 7.74. The number of methoxy groups -OCH3 is 1. The Balaban J connectivity index is 2.42. The summed E-state index contributed by atoms with van der Waals surface area (Å²) in [4.78, 5) is 0. The van der Waals surface area contributed by atoms with E-state index in [4.69, 9.17) is 10.5 Å². The molecule has 0 aliphatic rings. The predicted octanol–water partition coefficient (Wildman–Crippen LogP) is 3.98. The van der Waals surface area contributed by atoms with Gasteiger partial charge in [-0.3, -0.25) is 0 Å². The molecule has 0 saturated carbocycles. The van der Waals surface area contributed by atoms with Crippen LogP contribution in [0.3, 0.4) is 0 Å². The molecule has 0 saturated heterocycles. The third-order valence-corrected chi connectivity index (χ3v) is 2.73. The van der Waals surface area contributed by atoms with Gasteiger partial charge in [-0.1, -0.05) is 12.1 Å². The average molecular weight is 301 g/mol. The summed E-state index contributed by atoms with van der Waals surface area (Å²) in [6.07, 6.45) is -4.81. The molecule has 0 aliphatic heterocycles. The molecule has 2 aromatic carbocycles. The normalized spacial score (nSPS) is 11.3. The molecule has 2 aromatic rings. The second-order valence-corrected chi connectivity index (χ2v) is 4.12. The summed E-state index contributed by atoms with van der Waals surface area (Å²) < 4.78 is 59.1. The number of nitrogen functional groups attached to an aromatic ring is 1. The zero-order valence-corrected chi connectivity index (χ0v) is 10.9. The van der Waals surface area contributed by atoms with Crippen molar-refractivity contribution in [3.05, 3.63) is 42.2 Å². The van der Waals surface area contributed by atoms with E-state index in [2.05, 4.69) is 4.74 Å². The maximum atomic E-state index is 14.1. The van der Waals surface area contributed by atoms with Gasteiger partial charge in [-0.05, 0) is 18.2 Å². The van der Waals surface area contributed by atoms with Crippen LogP contribution in [0.25, 0.3) is 11.1 Å². The Morgan fingerprint density at radius 1 is 1.05 bits per heavy atom. The lowest BCUT2D eigenvalue weighted by atomic mass is 10.0. The maximum absolute atomic E-state index is 14.1. The van der Waals surface area contributed by atoms with Gasteiger partial charge in [0.15, 0.2) is 11.6 Å². The number of alkyl halides is 3. The molecule has 0 spiro atoms. The van der Waals surface area contributed by atoms with Crippen molar-refractivity contribution >= 4 is 5.69 Å². The van der Waals surface area contributed by atoms with Gasteiger partial charge in [-0.25, -0.2) is 4.39 Å². The van der Waals surface area contributed by atoms with E-state index in [1.807, 2.05) is 0 Å². The minimum Gasteiger partial charge on any atom is -0.494 e. The lowest BCUT2D eigenvalue weighted by Crippen LogP contribution is -2.17. The number of hydrogen-bond acceptors (Lipinski definition) is 3. The van der Waals surface area contributed by atoms with Crippen LogP contribution in [-0.2, 0) is 0 Å². The molecule has 2 N–H and O–H groups in total. The summed E-state index contributed by atoms with van der Waals surface area (Å²) in [5, 5.41) is 0. The Kier molecular flexibility index (Phi) is 3.93. The van der Waals surface area contributed by atoms with Crippen molar-refractivity contribution in [3.63, 3.8) is 0 Å². The lowest BCUT2D eigenvalue weighted by molar-refractivity contribution is -0.274. The van der Waals surface area contributed by atoms with Gasteiger partial charge in [0.2, 0.25) is 0 Å². The third kappa shape index (κ3) is 3.36. The van der Waals surface area contributed by atoms with Crippen molar-refractivity contribution in [2.24, 2.45) is 0 Å². The molecule has 0 radical (unpaired) electrons. The first kappa shape index (κ1) is 15.0. The summed E-state index contributed by atoms with van der Waals surface area (Å²) in [5.74, 6) is -1.09. The van der Waals surface area contributed by atoms with E-state index >= 15 is 0 Å². The minimum atomic E-state index is -4.81. The number of benzene rings is 2. The topological polar surface area (TPSA) is 44.5 Å². The summed E-state index contributed by atoms with van der Waals surface area (Å²) in [5.41, 5.74) is 6.02. The highest BCUT2D eigenvalue weighted by Gasteiger charge is 2.31. The molecule has 0 unspecified atom stereocenters. The molecule has 0 amide bonds. The zero-order chi connectivity index (χ0) is 15.6. The Morgan fingerprint density at radius 2 is 1.76 bits per heavy atom. The highest BCUT2D eigenvalue weighted by Crippen LogP contribution is 2.35. The van der Waals surface area contributed by atoms with Crippen molar-refractivity contribution in [3.8, 4) is 22.6 Å².